The SMILES string of the molecule is Cc1cccc(COc2ccc(C=NNC(=O)Nc3ccccc3C)cc2)c1. The number of hydrogen-bond donors (Lipinski definition) is 2. The summed E-state index contributed by atoms with van der Waals surface area (Å²) in [6, 6.07) is 22.9. The molecule has 0 aliphatic carbocycles. The van der Waals surface area contributed by atoms with Gasteiger partial charge in [0.2, 0.25) is 0 Å². The number of nitrogens with one attached hydrogen (secondary N) is 2. The van der Waals surface area contributed by atoms with Crippen LogP contribution in [0.15, 0.2) is 77.9 Å². The first-order chi connectivity index (χ1) is 13.6. The molecule has 0 radical (unpaired) electrons. The minimum atomic E-state index is -0.386. The van der Waals surface area contributed by atoms with Crippen LogP contribution in [-0.2, 0) is 6.61 Å². The van der Waals surface area contributed by atoms with E-state index in [9.17, 15) is 4.79 Å². The van der Waals surface area contributed by atoms with E-state index in [1.54, 1.807) is 6.21 Å². The molecule has 0 spiro atoms. The lowest BCUT2D eigenvalue weighted by molar-refractivity contribution is 0.252. The third kappa shape index (κ3) is 5.71. The predicted molar refractivity (Wildman–Crippen MR) is 113 cm³/mol. The molecular weight excluding hydrogens is 350 g/mol. The monoisotopic (exact) mass is 373 g/mol. The summed E-state index contributed by atoms with van der Waals surface area (Å²) in [4.78, 5) is 11.9. The van der Waals surface area contributed by atoms with Crippen LogP contribution in [0.5, 0.6) is 5.75 Å². The van der Waals surface area contributed by atoms with Gasteiger partial charge in [0.15, 0.2) is 0 Å². The van der Waals surface area contributed by atoms with Crippen molar-refractivity contribution >= 4 is 17.9 Å². The molecule has 0 unspecified atom stereocenters. The Bertz CT molecular complexity index is 966. The first-order valence-electron chi connectivity index (χ1n) is 9.04. The number of ether oxygens (including phenoxy) is 1. The van der Waals surface area contributed by atoms with E-state index in [0.29, 0.717) is 6.61 Å². The Balaban J connectivity index is 1.48. The molecule has 0 aliphatic heterocycles. The zero-order valence-corrected chi connectivity index (χ0v) is 16.0. The molecule has 0 aromatic heterocycles. The molecule has 0 fully saturated rings. The molecular formula is C23H23N3O2. The van der Waals surface area contributed by atoms with Gasteiger partial charge in [-0.15, -0.1) is 0 Å². The van der Waals surface area contributed by atoms with Crippen molar-refractivity contribution in [2.75, 3.05) is 5.32 Å². The van der Waals surface area contributed by atoms with Gasteiger partial charge in [0, 0.05) is 5.69 Å². The zero-order chi connectivity index (χ0) is 19.8. The normalized spacial score (nSPS) is 10.6. The van der Waals surface area contributed by atoms with E-state index in [1.165, 1.54) is 5.56 Å². The van der Waals surface area contributed by atoms with Crippen LogP contribution in [0.25, 0.3) is 0 Å². The van der Waals surface area contributed by atoms with Crippen molar-refractivity contribution < 1.29 is 9.53 Å². The molecule has 142 valence electrons. The summed E-state index contributed by atoms with van der Waals surface area (Å²) >= 11 is 0. The summed E-state index contributed by atoms with van der Waals surface area (Å²) in [5.74, 6) is 0.781. The molecule has 0 heterocycles. The van der Waals surface area contributed by atoms with Crippen LogP contribution in [-0.4, -0.2) is 12.2 Å². The van der Waals surface area contributed by atoms with Crippen LogP contribution in [0.4, 0.5) is 10.5 Å². The van der Waals surface area contributed by atoms with E-state index in [-0.39, 0.29) is 6.03 Å². The fourth-order valence-electron chi connectivity index (χ4n) is 2.65. The van der Waals surface area contributed by atoms with Gasteiger partial charge in [-0.25, -0.2) is 10.2 Å². The summed E-state index contributed by atoms with van der Waals surface area (Å²) in [5, 5.41) is 6.73. The van der Waals surface area contributed by atoms with Crippen LogP contribution in [0.2, 0.25) is 0 Å². The van der Waals surface area contributed by atoms with Crippen LogP contribution >= 0.6 is 0 Å². The van der Waals surface area contributed by atoms with Gasteiger partial charge in [0.1, 0.15) is 12.4 Å². The number of carbonyl (C=O) groups is 1. The van der Waals surface area contributed by atoms with Gasteiger partial charge in [-0.3, -0.25) is 0 Å². The number of nitrogens with zero attached hydrogens (tertiary/aromatic N) is 1. The summed E-state index contributed by atoms with van der Waals surface area (Å²) < 4.78 is 5.80. The van der Waals surface area contributed by atoms with Gasteiger partial charge in [0.25, 0.3) is 0 Å². The third-order valence-electron chi connectivity index (χ3n) is 4.14. The van der Waals surface area contributed by atoms with Gasteiger partial charge in [-0.2, -0.15) is 5.10 Å². The Morgan fingerprint density at radius 3 is 2.54 bits per heavy atom. The molecule has 28 heavy (non-hydrogen) atoms. The highest BCUT2D eigenvalue weighted by Crippen LogP contribution is 2.14. The number of hydrazone groups is 1. The first-order valence-corrected chi connectivity index (χ1v) is 9.04. The van der Waals surface area contributed by atoms with Crippen molar-refractivity contribution in [2.24, 2.45) is 5.10 Å². The Kier molecular flexibility index (Phi) is 6.41. The lowest BCUT2D eigenvalue weighted by atomic mass is 10.1. The van der Waals surface area contributed by atoms with E-state index in [1.807, 2.05) is 67.6 Å². The van der Waals surface area contributed by atoms with Crippen molar-refractivity contribution in [3.63, 3.8) is 0 Å². The fourth-order valence-corrected chi connectivity index (χ4v) is 2.65. The highest BCUT2D eigenvalue weighted by Gasteiger charge is 2.02. The highest BCUT2D eigenvalue weighted by atomic mass is 16.5. The van der Waals surface area contributed by atoms with E-state index >= 15 is 0 Å². The average Bonchev–Trinajstić information content (AvgIpc) is 2.69. The second kappa shape index (κ2) is 9.37. The minimum Gasteiger partial charge on any atom is -0.489 e. The molecule has 2 N–H and O–H groups in total. The van der Waals surface area contributed by atoms with Gasteiger partial charge >= 0.3 is 6.03 Å². The quantitative estimate of drug-likeness (QED) is 0.470. The van der Waals surface area contributed by atoms with Gasteiger partial charge in [-0.1, -0.05) is 48.0 Å². The number of benzene rings is 3. The maximum Gasteiger partial charge on any atom is 0.339 e. The van der Waals surface area contributed by atoms with Crippen LogP contribution < -0.4 is 15.5 Å². The number of amides is 2. The average molecular weight is 373 g/mol. The van der Waals surface area contributed by atoms with E-state index in [4.69, 9.17) is 4.74 Å². The Morgan fingerprint density at radius 1 is 1.00 bits per heavy atom. The van der Waals surface area contributed by atoms with Crippen molar-refractivity contribution in [1.82, 2.24) is 5.43 Å². The van der Waals surface area contributed by atoms with Gasteiger partial charge < -0.3 is 10.1 Å². The molecule has 0 aliphatic rings. The Hall–Kier alpha value is -3.60. The molecule has 3 rings (SSSR count). The van der Waals surface area contributed by atoms with Crippen LogP contribution in [0.1, 0.15) is 22.3 Å². The van der Waals surface area contributed by atoms with Crippen molar-refractivity contribution in [2.45, 2.75) is 20.5 Å². The molecule has 0 saturated carbocycles. The number of anilines is 1. The van der Waals surface area contributed by atoms with Gasteiger partial charge in [-0.05, 0) is 60.9 Å². The Morgan fingerprint density at radius 2 is 1.79 bits per heavy atom. The minimum absolute atomic E-state index is 0.386. The predicted octanol–water partition coefficient (Wildman–Crippen LogP) is 5.04. The number of hydrogen-bond acceptors (Lipinski definition) is 3. The second-order valence-corrected chi connectivity index (χ2v) is 6.49. The highest BCUT2D eigenvalue weighted by molar-refractivity contribution is 5.91. The topological polar surface area (TPSA) is 62.7 Å². The molecule has 0 saturated heterocycles. The standard InChI is InChI=1S/C23H23N3O2/c1-17-6-5-8-20(14-17)16-28-21-12-10-19(11-13-21)15-24-26-23(27)25-22-9-4-3-7-18(22)2/h3-15H,16H2,1-2H3,(H2,25,26,27). The van der Waals surface area contributed by atoms with Crippen LogP contribution in [0.3, 0.4) is 0 Å². The molecule has 0 bridgehead atoms. The molecule has 5 heteroatoms. The maximum absolute atomic E-state index is 11.9. The fraction of sp³-hybridized carbons (Fsp3) is 0.130. The summed E-state index contributed by atoms with van der Waals surface area (Å²) in [6.45, 7) is 4.52. The molecule has 3 aromatic carbocycles. The molecule has 5 nitrogen and oxygen atoms in total. The lowest BCUT2D eigenvalue weighted by Gasteiger charge is -2.07. The Labute approximate surface area is 165 Å². The van der Waals surface area contributed by atoms with Crippen molar-refractivity contribution in [3.8, 4) is 5.75 Å². The largest absolute Gasteiger partial charge is 0.489 e. The smallest absolute Gasteiger partial charge is 0.339 e. The number of para-hydroxylation sites is 1. The number of aryl methyl sites for hydroxylation is 2. The summed E-state index contributed by atoms with van der Waals surface area (Å²) in [7, 11) is 0. The maximum atomic E-state index is 11.9. The van der Waals surface area contributed by atoms with Crippen molar-refractivity contribution in [3.05, 3.63) is 95.1 Å². The number of carbonyl (C=O) groups excluding carboxylic acids is 1. The second-order valence-electron chi connectivity index (χ2n) is 6.49. The van der Waals surface area contributed by atoms with E-state index in [2.05, 4.69) is 34.9 Å². The summed E-state index contributed by atoms with van der Waals surface area (Å²) in [5.41, 5.74) is 7.41. The van der Waals surface area contributed by atoms with E-state index in [0.717, 1.165) is 28.1 Å². The zero-order valence-electron chi connectivity index (χ0n) is 16.0. The van der Waals surface area contributed by atoms with Gasteiger partial charge in [0.05, 0.1) is 6.21 Å². The third-order valence-corrected chi connectivity index (χ3v) is 4.14. The molecule has 3 aromatic rings. The van der Waals surface area contributed by atoms with Crippen molar-refractivity contribution in [1.29, 1.82) is 0 Å². The molecule has 2 amide bonds. The number of urea groups is 1. The first kappa shape index (κ1) is 19.2. The lowest BCUT2D eigenvalue weighted by Crippen LogP contribution is -2.24. The van der Waals surface area contributed by atoms with Crippen LogP contribution in [0, 0.1) is 13.8 Å². The van der Waals surface area contributed by atoms with E-state index < -0.39 is 0 Å². The molecule has 0 atom stereocenters. The summed E-state index contributed by atoms with van der Waals surface area (Å²) in [6.07, 6.45) is 1.59. The number of rotatable bonds is 6.